The number of benzene rings is 1. The standard InChI is InChI=1S/C17H17NO5/c19-17(23-13-9-7-12(8-10-13)18(20)21)22-11-16-14-5-3-1-2-4-6-15(14)16/h7-10,14-16H,3-6,11H2/t14-,15+,16?. The first-order valence-electron chi connectivity index (χ1n) is 7.70. The molecule has 1 fully saturated rings. The zero-order valence-corrected chi connectivity index (χ0v) is 12.6. The number of carbonyl (C=O) groups excluding carboxylic acids is 1. The molecule has 2 aliphatic carbocycles. The van der Waals surface area contributed by atoms with Crippen LogP contribution in [0, 0.1) is 39.7 Å². The molecule has 0 amide bonds. The molecule has 120 valence electrons. The second-order valence-electron chi connectivity index (χ2n) is 5.84. The fourth-order valence-corrected chi connectivity index (χ4v) is 3.21. The van der Waals surface area contributed by atoms with Gasteiger partial charge in [0.05, 0.1) is 11.5 Å². The third kappa shape index (κ3) is 3.81. The van der Waals surface area contributed by atoms with Crippen molar-refractivity contribution in [3.8, 4) is 17.6 Å². The van der Waals surface area contributed by atoms with E-state index in [9.17, 15) is 14.9 Å². The molecule has 6 heteroatoms. The Hall–Kier alpha value is -2.55. The molecule has 0 bridgehead atoms. The third-order valence-corrected chi connectivity index (χ3v) is 4.48. The number of ether oxygens (including phenoxy) is 2. The molecule has 23 heavy (non-hydrogen) atoms. The number of nitro benzene ring substituents is 1. The van der Waals surface area contributed by atoms with Crippen molar-refractivity contribution < 1.29 is 19.2 Å². The van der Waals surface area contributed by atoms with Gasteiger partial charge in [-0.1, -0.05) is 0 Å². The van der Waals surface area contributed by atoms with Crippen LogP contribution in [0.2, 0.25) is 0 Å². The Morgan fingerprint density at radius 2 is 1.78 bits per heavy atom. The highest BCUT2D eigenvalue weighted by Crippen LogP contribution is 2.52. The minimum absolute atomic E-state index is 0.0536. The normalized spacial score (nSPS) is 25.0. The lowest BCUT2D eigenvalue weighted by molar-refractivity contribution is -0.384. The van der Waals surface area contributed by atoms with Crippen LogP contribution in [0.25, 0.3) is 0 Å². The average molecular weight is 315 g/mol. The number of nitrogens with zero attached hydrogens (tertiary/aromatic N) is 1. The Morgan fingerprint density at radius 1 is 1.17 bits per heavy atom. The van der Waals surface area contributed by atoms with Gasteiger partial charge >= 0.3 is 6.16 Å². The molecule has 3 atom stereocenters. The summed E-state index contributed by atoms with van der Waals surface area (Å²) < 4.78 is 10.2. The molecule has 6 nitrogen and oxygen atoms in total. The maximum atomic E-state index is 11.7. The largest absolute Gasteiger partial charge is 0.513 e. The van der Waals surface area contributed by atoms with Gasteiger partial charge in [0.1, 0.15) is 5.75 Å². The Kier molecular flexibility index (Phi) is 4.47. The Bertz CT molecular complexity index is 640. The lowest BCUT2D eigenvalue weighted by Crippen LogP contribution is -2.13. The van der Waals surface area contributed by atoms with Crippen molar-refractivity contribution in [2.24, 2.45) is 17.8 Å². The zero-order valence-electron chi connectivity index (χ0n) is 12.6. The van der Waals surface area contributed by atoms with E-state index in [1.165, 1.54) is 24.3 Å². The predicted molar refractivity (Wildman–Crippen MR) is 81.8 cm³/mol. The first-order valence-corrected chi connectivity index (χ1v) is 7.70. The third-order valence-electron chi connectivity index (χ3n) is 4.48. The van der Waals surface area contributed by atoms with Gasteiger partial charge in [0.15, 0.2) is 0 Å². The molecule has 0 N–H and O–H groups in total. The summed E-state index contributed by atoms with van der Waals surface area (Å²) in [5, 5.41) is 10.6. The summed E-state index contributed by atoms with van der Waals surface area (Å²) in [6, 6.07) is 5.32. The van der Waals surface area contributed by atoms with Crippen LogP contribution in [0.4, 0.5) is 10.5 Å². The molecule has 0 spiro atoms. The lowest BCUT2D eigenvalue weighted by Gasteiger charge is -2.05. The van der Waals surface area contributed by atoms with Crippen molar-refractivity contribution in [2.45, 2.75) is 25.7 Å². The van der Waals surface area contributed by atoms with Gasteiger partial charge in [-0.2, -0.15) is 0 Å². The van der Waals surface area contributed by atoms with Crippen LogP contribution in [-0.2, 0) is 4.74 Å². The van der Waals surface area contributed by atoms with Crippen LogP contribution in [0.1, 0.15) is 25.7 Å². The molecular formula is C17H17NO5. The monoisotopic (exact) mass is 315 g/mol. The van der Waals surface area contributed by atoms with Gasteiger partial charge in [0.25, 0.3) is 5.69 Å². The summed E-state index contributed by atoms with van der Waals surface area (Å²) in [5.41, 5.74) is -0.0536. The molecule has 1 aromatic carbocycles. The van der Waals surface area contributed by atoms with E-state index < -0.39 is 11.1 Å². The van der Waals surface area contributed by atoms with Gasteiger partial charge in [-0.3, -0.25) is 10.1 Å². The maximum Gasteiger partial charge on any atom is 0.513 e. The Labute approximate surface area is 133 Å². The quantitative estimate of drug-likeness (QED) is 0.279. The summed E-state index contributed by atoms with van der Waals surface area (Å²) in [6.45, 7) is 0.362. The van der Waals surface area contributed by atoms with Gasteiger partial charge in [-0.05, 0) is 42.7 Å². The van der Waals surface area contributed by atoms with Crippen molar-refractivity contribution in [1.82, 2.24) is 0 Å². The van der Waals surface area contributed by atoms with E-state index >= 15 is 0 Å². The number of non-ortho nitro benzene ring substituents is 1. The summed E-state index contributed by atoms with van der Waals surface area (Å²) >= 11 is 0. The first kappa shape index (κ1) is 15.3. The van der Waals surface area contributed by atoms with Crippen LogP contribution in [0.5, 0.6) is 5.75 Å². The minimum atomic E-state index is -0.769. The van der Waals surface area contributed by atoms with E-state index in [0.29, 0.717) is 24.4 Å². The van der Waals surface area contributed by atoms with Crippen LogP contribution in [-0.4, -0.2) is 17.7 Å². The molecule has 3 rings (SSSR count). The summed E-state index contributed by atoms with van der Waals surface area (Å²) in [6.07, 6.45) is 3.22. The number of nitro groups is 1. The number of hydrogen-bond acceptors (Lipinski definition) is 5. The molecule has 1 aromatic rings. The molecule has 0 aliphatic heterocycles. The molecule has 1 unspecified atom stereocenters. The van der Waals surface area contributed by atoms with Gasteiger partial charge in [0, 0.05) is 25.0 Å². The predicted octanol–water partition coefficient (Wildman–Crippen LogP) is 3.55. The second kappa shape index (κ2) is 6.69. The highest BCUT2D eigenvalue weighted by atomic mass is 16.7. The van der Waals surface area contributed by atoms with E-state index in [1.54, 1.807) is 0 Å². The van der Waals surface area contributed by atoms with E-state index in [2.05, 4.69) is 11.8 Å². The Morgan fingerprint density at radius 3 is 2.35 bits per heavy atom. The zero-order chi connectivity index (χ0) is 16.2. The van der Waals surface area contributed by atoms with E-state index in [4.69, 9.17) is 9.47 Å². The molecule has 0 heterocycles. The van der Waals surface area contributed by atoms with Crippen molar-refractivity contribution in [2.75, 3.05) is 6.61 Å². The van der Waals surface area contributed by atoms with Crippen LogP contribution < -0.4 is 4.74 Å². The van der Waals surface area contributed by atoms with E-state index in [-0.39, 0.29) is 11.4 Å². The first-order chi connectivity index (χ1) is 11.1. The topological polar surface area (TPSA) is 78.7 Å². The molecule has 0 radical (unpaired) electrons. The minimum Gasteiger partial charge on any atom is -0.434 e. The summed E-state index contributed by atoms with van der Waals surface area (Å²) in [7, 11) is 0. The van der Waals surface area contributed by atoms with Crippen molar-refractivity contribution in [3.05, 3.63) is 34.4 Å². The lowest BCUT2D eigenvalue weighted by atomic mass is 10.1. The van der Waals surface area contributed by atoms with Crippen molar-refractivity contribution in [3.63, 3.8) is 0 Å². The number of rotatable bonds is 4. The van der Waals surface area contributed by atoms with Gasteiger partial charge in [-0.15, -0.1) is 11.8 Å². The highest BCUT2D eigenvalue weighted by Gasteiger charge is 2.49. The average Bonchev–Trinajstić information content (AvgIpc) is 3.15. The Balaban J connectivity index is 1.44. The van der Waals surface area contributed by atoms with Gasteiger partial charge in [-0.25, -0.2) is 4.79 Å². The van der Waals surface area contributed by atoms with Crippen LogP contribution >= 0.6 is 0 Å². The van der Waals surface area contributed by atoms with E-state index in [1.807, 2.05) is 0 Å². The van der Waals surface area contributed by atoms with Crippen molar-refractivity contribution >= 4 is 11.8 Å². The highest BCUT2D eigenvalue weighted by molar-refractivity contribution is 5.64. The van der Waals surface area contributed by atoms with E-state index in [0.717, 1.165) is 25.7 Å². The molecule has 2 aliphatic rings. The van der Waals surface area contributed by atoms with Gasteiger partial charge < -0.3 is 9.47 Å². The fraction of sp³-hybridized carbons (Fsp3) is 0.471. The number of carbonyl (C=O) groups is 1. The number of fused-ring (bicyclic) bond motifs is 1. The molecule has 0 saturated heterocycles. The fourth-order valence-electron chi connectivity index (χ4n) is 3.21. The molecule has 1 saturated carbocycles. The molecular weight excluding hydrogens is 298 g/mol. The summed E-state index contributed by atoms with van der Waals surface area (Å²) in [5.74, 6) is 8.14. The number of hydrogen-bond donors (Lipinski definition) is 0. The van der Waals surface area contributed by atoms with Crippen LogP contribution in [0.15, 0.2) is 24.3 Å². The second-order valence-corrected chi connectivity index (χ2v) is 5.84. The van der Waals surface area contributed by atoms with Crippen LogP contribution in [0.3, 0.4) is 0 Å². The van der Waals surface area contributed by atoms with Crippen molar-refractivity contribution in [1.29, 1.82) is 0 Å². The smallest absolute Gasteiger partial charge is 0.434 e. The maximum absolute atomic E-state index is 11.7. The van der Waals surface area contributed by atoms with Gasteiger partial charge in [0.2, 0.25) is 0 Å². The molecule has 0 aromatic heterocycles. The SMILES string of the molecule is O=C(OCC1[C@H]2CCC#CCC[C@@H]12)Oc1ccc([N+](=O)[O-])cc1. The summed E-state index contributed by atoms with van der Waals surface area (Å²) in [4.78, 5) is 21.7.